The number of carboxylic acids is 1. The third kappa shape index (κ3) is 2.52. The zero-order valence-electron chi connectivity index (χ0n) is 11.3. The Labute approximate surface area is 108 Å². The minimum Gasteiger partial charge on any atom is -0.481 e. The van der Waals surface area contributed by atoms with Crippen LogP contribution in [0.2, 0.25) is 0 Å². The minimum absolute atomic E-state index is 0.157. The van der Waals surface area contributed by atoms with Crippen molar-refractivity contribution in [3.63, 3.8) is 0 Å². The maximum absolute atomic E-state index is 12.2. The fourth-order valence-corrected chi connectivity index (χ4v) is 3.51. The molecule has 4 nitrogen and oxygen atoms in total. The zero-order valence-corrected chi connectivity index (χ0v) is 11.3. The van der Waals surface area contributed by atoms with Crippen LogP contribution in [0, 0.1) is 23.7 Å². The molecular weight excluding hydrogens is 232 g/mol. The van der Waals surface area contributed by atoms with E-state index in [2.05, 4.69) is 0 Å². The van der Waals surface area contributed by atoms with Gasteiger partial charge < -0.3 is 9.84 Å². The minimum atomic E-state index is -0.833. The second kappa shape index (κ2) is 4.56. The van der Waals surface area contributed by atoms with Gasteiger partial charge in [-0.2, -0.15) is 0 Å². The average Bonchev–Trinajstić information content (AvgIpc) is 2.26. The third-order valence-corrected chi connectivity index (χ3v) is 4.18. The lowest BCUT2D eigenvalue weighted by Gasteiger charge is -2.45. The SMILES string of the molecule is CC(C)(C)OC(=O)C1C2CCC(CC2)[C@H]1C(=O)O. The normalized spacial score (nSPS) is 35.3. The number of hydrogen-bond donors (Lipinski definition) is 1. The van der Waals surface area contributed by atoms with Crippen LogP contribution in [0.5, 0.6) is 0 Å². The summed E-state index contributed by atoms with van der Waals surface area (Å²) in [5, 5.41) is 9.37. The Kier molecular flexibility index (Phi) is 3.39. The lowest BCUT2D eigenvalue weighted by molar-refractivity contribution is -0.177. The van der Waals surface area contributed by atoms with Crippen LogP contribution < -0.4 is 0 Å². The van der Waals surface area contributed by atoms with Gasteiger partial charge in [0, 0.05) is 0 Å². The Morgan fingerprint density at radius 1 is 1.00 bits per heavy atom. The van der Waals surface area contributed by atoms with E-state index in [1.807, 2.05) is 20.8 Å². The molecule has 3 saturated carbocycles. The molecule has 0 radical (unpaired) electrons. The zero-order chi connectivity index (χ0) is 13.5. The Hall–Kier alpha value is -1.06. The van der Waals surface area contributed by atoms with Gasteiger partial charge in [-0.05, 0) is 58.3 Å². The number of esters is 1. The quantitative estimate of drug-likeness (QED) is 0.769. The molecule has 2 atom stereocenters. The van der Waals surface area contributed by atoms with Crippen molar-refractivity contribution in [2.75, 3.05) is 0 Å². The number of carbonyl (C=O) groups excluding carboxylic acids is 1. The Balaban J connectivity index is 2.18. The Morgan fingerprint density at radius 2 is 1.44 bits per heavy atom. The summed E-state index contributed by atoms with van der Waals surface area (Å²) in [5.41, 5.74) is -0.545. The molecule has 0 spiro atoms. The van der Waals surface area contributed by atoms with Gasteiger partial charge in [-0.3, -0.25) is 9.59 Å². The lowest BCUT2D eigenvalue weighted by atomic mass is 9.58. The van der Waals surface area contributed by atoms with Crippen molar-refractivity contribution >= 4 is 11.9 Å². The van der Waals surface area contributed by atoms with E-state index in [9.17, 15) is 14.7 Å². The van der Waals surface area contributed by atoms with Gasteiger partial charge in [0.05, 0.1) is 11.8 Å². The van der Waals surface area contributed by atoms with Crippen LogP contribution in [-0.4, -0.2) is 22.6 Å². The molecule has 0 amide bonds. The van der Waals surface area contributed by atoms with Crippen molar-refractivity contribution in [3.05, 3.63) is 0 Å². The molecule has 4 heteroatoms. The number of hydrogen-bond acceptors (Lipinski definition) is 3. The molecule has 0 aliphatic heterocycles. The first-order chi connectivity index (χ1) is 8.29. The summed E-state index contributed by atoms with van der Waals surface area (Å²) in [4.78, 5) is 23.6. The molecule has 3 aliphatic carbocycles. The summed E-state index contributed by atoms with van der Waals surface area (Å²) in [5.74, 6) is -1.76. The van der Waals surface area contributed by atoms with Crippen LogP contribution in [-0.2, 0) is 14.3 Å². The second-order valence-electron chi connectivity index (χ2n) is 6.60. The van der Waals surface area contributed by atoms with Gasteiger partial charge in [0.1, 0.15) is 5.60 Å². The molecule has 0 aromatic heterocycles. The molecule has 3 rings (SSSR count). The van der Waals surface area contributed by atoms with Crippen LogP contribution >= 0.6 is 0 Å². The molecule has 0 heterocycles. The van der Waals surface area contributed by atoms with E-state index in [4.69, 9.17) is 4.74 Å². The molecule has 3 aliphatic rings. The smallest absolute Gasteiger partial charge is 0.310 e. The van der Waals surface area contributed by atoms with Gasteiger partial charge in [0.15, 0.2) is 0 Å². The summed E-state index contributed by atoms with van der Waals surface area (Å²) >= 11 is 0. The topological polar surface area (TPSA) is 63.6 Å². The summed E-state index contributed by atoms with van der Waals surface area (Å²) < 4.78 is 5.41. The molecule has 0 aromatic carbocycles. The number of fused-ring (bicyclic) bond motifs is 3. The van der Waals surface area contributed by atoms with E-state index in [1.165, 1.54) is 0 Å². The maximum Gasteiger partial charge on any atom is 0.310 e. The van der Waals surface area contributed by atoms with Crippen molar-refractivity contribution in [2.24, 2.45) is 23.7 Å². The molecular formula is C14H22O4. The van der Waals surface area contributed by atoms with Gasteiger partial charge in [-0.1, -0.05) is 0 Å². The van der Waals surface area contributed by atoms with E-state index in [-0.39, 0.29) is 17.8 Å². The van der Waals surface area contributed by atoms with Crippen LogP contribution in [0.3, 0.4) is 0 Å². The van der Waals surface area contributed by atoms with Crippen molar-refractivity contribution < 1.29 is 19.4 Å². The average molecular weight is 254 g/mol. The standard InChI is InChI=1S/C14H22O4/c1-14(2,3)18-13(17)11-9-6-4-8(5-7-9)10(11)12(15)16/h8-11H,4-7H2,1-3H3,(H,15,16)/t8?,9?,10-,11?/m1/s1. The molecule has 3 fully saturated rings. The number of ether oxygens (including phenoxy) is 1. The van der Waals surface area contributed by atoms with Gasteiger partial charge >= 0.3 is 11.9 Å². The predicted molar refractivity (Wildman–Crippen MR) is 65.9 cm³/mol. The van der Waals surface area contributed by atoms with Gasteiger partial charge in [-0.25, -0.2) is 0 Å². The van der Waals surface area contributed by atoms with Crippen LogP contribution in [0.1, 0.15) is 46.5 Å². The summed E-state index contributed by atoms with van der Waals surface area (Å²) in [6, 6.07) is 0. The first kappa shape index (κ1) is 13.4. The van der Waals surface area contributed by atoms with E-state index < -0.39 is 23.4 Å². The summed E-state index contributed by atoms with van der Waals surface area (Å²) in [6.07, 6.45) is 3.83. The van der Waals surface area contributed by atoms with Crippen molar-refractivity contribution in [1.29, 1.82) is 0 Å². The van der Waals surface area contributed by atoms with Crippen molar-refractivity contribution in [2.45, 2.75) is 52.1 Å². The molecule has 0 saturated heterocycles. The van der Waals surface area contributed by atoms with Crippen molar-refractivity contribution in [1.82, 2.24) is 0 Å². The highest BCUT2D eigenvalue weighted by Gasteiger charge is 2.51. The van der Waals surface area contributed by atoms with Crippen molar-refractivity contribution in [3.8, 4) is 0 Å². The number of aliphatic carboxylic acids is 1. The van der Waals surface area contributed by atoms with E-state index in [1.54, 1.807) is 0 Å². The molecule has 0 aromatic rings. The first-order valence-corrected chi connectivity index (χ1v) is 6.75. The number of carboxylic acid groups (broad SMARTS) is 1. The molecule has 2 bridgehead atoms. The predicted octanol–water partition coefficient (Wildman–Crippen LogP) is 2.47. The number of carbonyl (C=O) groups is 2. The van der Waals surface area contributed by atoms with Crippen LogP contribution in [0.15, 0.2) is 0 Å². The molecule has 1 unspecified atom stereocenters. The Morgan fingerprint density at radius 3 is 1.83 bits per heavy atom. The van der Waals surface area contributed by atoms with Gasteiger partial charge in [0.2, 0.25) is 0 Å². The van der Waals surface area contributed by atoms with E-state index in [0.717, 1.165) is 25.7 Å². The Bertz CT molecular complexity index is 347. The molecule has 1 N–H and O–H groups in total. The fraction of sp³-hybridized carbons (Fsp3) is 0.857. The number of rotatable bonds is 2. The second-order valence-corrected chi connectivity index (χ2v) is 6.60. The highest BCUT2D eigenvalue weighted by atomic mass is 16.6. The molecule has 18 heavy (non-hydrogen) atoms. The van der Waals surface area contributed by atoms with Gasteiger partial charge in [-0.15, -0.1) is 0 Å². The van der Waals surface area contributed by atoms with Gasteiger partial charge in [0.25, 0.3) is 0 Å². The van der Waals surface area contributed by atoms with E-state index >= 15 is 0 Å². The van der Waals surface area contributed by atoms with Crippen LogP contribution in [0.25, 0.3) is 0 Å². The first-order valence-electron chi connectivity index (χ1n) is 6.75. The summed E-state index contributed by atoms with van der Waals surface area (Å²) in [7, 11) is 0. The monoisotopic (exact) mass is 254 g/mol. The maximum atomic E-state index is 12.2. The van der Waals surface area contributed by atoms with Crippen LogP contribution in [0.4, 0.5) is 0 Å². The lowest BCUT2D eigenvalue weighted by Crippen LogP contribution is -2.49. The fourth-order valence-electron chi connectivity index (χ4n) is 3.51. The summed E-state index contributed by atoms with van der Waals surface area (Å²) in [6.45, 7) is 5.46. The third-order valence-electron chi connectivity index (χ3n) is 4.18. The highest BCUT2D eigenvalue weighted by Crippen LogP contribution is 2.49. The highest BCUT2D eigenvalue weighted by molar-refractivity contribution is 5.82. The largest absolute Gasteiger partial charge is 0.481 e. The molecule has 102 valence electrons. The van der Waals surface area contributed by atoms with E-state index in [0.29, 0.717) is 0 Å².